The first-order chi connectivity index (χ1) is 10.0. The molecule has 1 aromatic carbocycles. The topological polar surface area (TPSA) is 75.3 Å². The highest BCUT2D eigenvalue weighted by Crippen LogP contribution is 2.49. The summed E-state index contributed by atoms with van der Waals surface area (Å²) < 4.78 is 55.0. The summed E-state index contributed by atoms with van der Waals surface area (Å²) in [5, 5.41) is 0. The van der Waals surface area contributed by atoms with Gasteiger partial charge in [0.2, 0.25) is 5.91 Å². The van der Waals surface area contributed by atoms with Gasteiger partial charge in [0.1, 0.15) is 11.6 Å². The Labute approximate surface area is 128 Å². The van der Waals surface area contributed by atoms with Gasteiger partial charge in [-0.2, -0.15) is 13.1 Å². The lowest BCUT2D eigenvalue weighted by molar-refractivity contribution is -0.120. The van der Waals surface area contributed by atoms with Crippen molar-refractivity contribution in [3.8, 4) is 0 Å². The van der Waals surface area contributed by atoms with E-state index in [1.165, 1.54) is 6.07 Å². The Hall–Kier alpha value is -1.54. The third-order valence-corrected chi connectivity index (χ3v) is 4.52. The maximum Gasteiger partial charge on any atom is 0.301 e. The predicted octanol–water partition coefficient (Wildman–Crippen LogP) is 1.82. The normalized spacial score (nSPS) is 21.5. The van der Waals surface area contributed by atoms with Gasteiger partial charge in [0.05, 0.1) is 0 Å². The number of halogens is 2. The van der Waals surface area contributed by atoms with Gasteiger partial charge in [-0.15, -0.1) is 0 Å². The van der Waals surface area contributed by atoms with Gasteiger partial charge in [0, 0.05) is 22.9 Å². The number of amides is 1. The molecule has 1 saturated carbocycles. The van der Waals surface area contributed by atoms with E-state index in [9.17, 15) is 22.0 Å². The number of hydrogen-bond acceptors (Lipinski definition) is 3. The number of carbonyl (C=O) groups is 1. The zero-order valence-electron chi connectivity index (χ0n) is 12.5. The van der Waals surface area contributed by atoms with Crippen molar-refractivity contribution >= 4 is 16.1 Å². The standard InChI is InChI=1S/C14H18F2N2O3S/c1-14(2,3)18-22(20,21)17-13(19)9-7-8(9)12-10(15)5-4-6-11(12)16/h4-6,8-9,18H,7H2,1-3H3,(H,17,19)/t8-,9-/m1/s1. The van der Waals surface area contributed by atoms with E-state index in [2.05, 4.69) is 4.72 Å². The fourth-order valence-electron chi connectivity index (χ4n) is 2.31. The number of nitrogens with one attached hydrogen (secondary N) is 2. The molecule has 1 amide bonds. The summed E-state index contributed by atoms with van der Waals surface area (Å²) in [7, 11) is -4.01. The highest BCUT2D eigenvalue weighted by Gasteiger charge is 2.47. The smallest absolute Gasteiger partial charge is 0.274 e. The molecule has 0 aromatic heterocycles. The van der Waals surface area contributed by atoms with Crippen LogP contribution in [-0.4, -0.2) is 19.9 Å². The third kappa shape index (κ3) is 4.01. The molecule has 2 rings (SSSR count). The molecule has 1 fully saturated rings. The van der Waals surface area contributed by atoms with E-state index in [4.69, 9.17) is 0 Å². The molecule has 0 spiro atoms. The maximum atomic E-state index is 13.6. The molecule has 8 heteroatoms. The zero-order valence-corrected chi connectivity index (χ0v) is 13.3. The lowest BCUT2D eigenvalue weighted by Gasteiger charge is -2.20. The average Bonchev–Trinajstić information content (AvgIpc) is 3.04. The van der Waals surface area contributed by atoms with Crippen molar-refractivity contribution in [1.82, 2.24) is 9.44 Å². The molecule has 0 radical (unpaired) electrons. The van der Waals surface area contributed by atoms with Gasteiger partial charge in [-0.05, 0) is 39.3 Å². The van der Waals surface area contributed by atoms with E-state index in [1.54, 1.807) is 20.8 Å². The minimum absolute atomic E-state index is 0.163. The molecule has 2 N–H and O–H groups in total. The lowest BCUT2D eigenvalue weighted by Crippen LogP contribution is -2.49. The SMILES string of the molecule is CC(C)(C)NS(=O)(=O)NC(=O)[C@@H]1C[C@H]1c1c(F)cccc1F. The Morgan fingerprint density at radius 1 is 1.23 bits per heavy atom. The summed E-state index contributed by atoms with van der Waals surface area (Å²) in [6, 6.07) is 3.47. The highest BCUT2D eigenvalue weighted by atomic mass is 32.2. The molecule has 0 aliphatic heterocycles. The van der Waals surface area contributed by atoms with E-state index in [0.717, 1.165) is 12.1 Å². The van der Waals surface area contributed by atoms with Crippen LogP contribution in [0.15, 0.2) is 18.2 Å². The van der Waals surface area contributed by atoms with Gasteiger partial charge in [-0.1, -0.05) is 6.07 Å². The quantitative estimate of drug-likeness (QED) is 0.883. The van der Waals surface area contributed by atoms with Crippen LogP contribution in [0.4, 0.5) is 8.78 Å². The van der Waals surface area contributed by atoms with E-state index in [-0.39, 0.29) is 12.0 Å². The number of rotatable bonds is 4. The van der Waals surface area contributed by atoms with Crippen molar-refractivity contribution in [3.05, 3.63) is 35.4 Å². The van der Waals surface area contributed by atoms with Gasteiger partial charge >= 0.3 is 10.2 Å². The summed E-state index contributed by atoms with van der Waals surface area (Å²) in [6.45, 7) is 4.89. The van der Waals surface area contributed by atoms with Crippen LogP contribution in [0, 0.1) is 17.6 Å². The van der Waals surface area contributed by atoms with E-state index >= 15 is 0 Å². The second-order valence-electron chi connectivity index (χ2n) is 6.41. The van der Waals surface area contributed by atoms with Crippen LogP contribution in [-0.2, 0) is 15.0 Å². The Morgan fingerprint density at radius 3 is 2.27 bits per heavy atom. The Bertz CT molecular complexity index is 678. The first kappa shape index (κ1) is 16.8. The Morgan fingerprint density at radius 2 is 1.77 bits per heavy atom. The van der Waals surface area contributed by atoms with Crippen LogP contribution in [0.5, 0.6) is 0 Å². The van der Waals surface area contributed by atoms with Crippen LogP contribution in [0.3, 0.4) is 0 Å². The van der Waals surface area contributed by atoms with Crippen LogP contribution in [0.25, 0.3) is 0 Å². The summed E-state index contributed by atoms with van der Waals surface area (Å²) >= 11 is 0. The van der Waals surface area contributed by atoms with Crippen molar-refractivity contribution < 1.29 is 22.0 Å². The lowest BCUT2D eigenvalue weighted by atomic mass is 10.1. The zero-order chi connectivity index (χ0) is 16.7. The minimum atomic E-state index is -4.01. The van der Waals surface area contributed by atoms with Gasteiger partial charge in [0.15, 0.2) is 0 Å². The van der Waals surface area contributed by atoms with Crippen molar-refractivity contribution in [2.24, 2.45) is 5.92 Å². The average molecular weight is 332 g/mol. The summed E-state index contributed by atoms with van der Waals surface area (Å²) in [5.41, 5.74) is -0.906. The van der Waals surface area contributed by atoms with E-state index < -0.39 is 45.1 Å². The fraction of sp³-hybridized carbons (Fsp3) is 0.500. The van der Waals surface area contributed by atoms with E-state index in [0.29, 0.717) is 0 Å². The molecule has 0 heterocycles. The van der Waals surface area contributed by atoms with Crippen LogP contribution < -0.4 is 9.44 Å². The first-order valence-corrected chi connectivity index (χ1v) is 8.28. The predicted molar refractivity (Wildman–Crippen MR) is 77.2 cm³/mol. The van der Waals surface area contributed by atoms with Crippen LogP contribution >= 0.6 is 0 Å². The molecule has 2 atom stereocenters. The third-order valence-electron chi connectivity index (χ3n) is 3.17. The molecule has 1 aromatic rings. The van der Waals surface area contributed by atoms with Gasteiger partial charge in [-0.3, -0.25) is 4.79 Å². The molecular weight excluding hydrogens is 314 g/mol. The minimum Gasteiger partial charge on any atom is -0.274 e. The Kier molecular flexibility index (Phi) is 4.27. The Balaban J connectivity index is 2.06. The number of carbonyl (C=O) groups excluding carboxylic acids is 1. The first-order valence-electron chi connectivity index (χ1n) is 6.79. The molecule has 5 nitrogen and oxygen atoms in total. The second kappa shape index (κ2) is 5.58. The highest BCUT2D eigenvalue weighted by molar-refractivity contribution is 7.88. The fourth-order valence-corrected chi connectivity index (χ4v) is 3.58. The van der Waals surface area contributed by atoms with Gasteiger partial charge < -0.3 is 0 Å². The van der Waals surface area contributed by atoms with Crippen molar-refractivity contribution in [2.75, 3.05) is 0 Å². The molecule has 0 bridgehead atoms. The number of hydrogen-bond donors (Lipinski definition) is 2. The van der Waals surface area contributed by atoms with Crippen molar-refractivity contribution in [3.63, 3.8) is 0 Å². The van der Waals surface area contributed by atoms with Crippen LogP contribution in [0.2, 0.25) is 0 Å². The molecule has 1 aliphatic carbocycles. The maximum absolute atomic E-state index is 13.6. The summed E-state index contributed by atoms with van der Waals surface area (Å²) in [4.78, 5) is 11.9. The summed E-state index contributed by atoms with van der Waals surface area (Å²) in [5.74, 6) is -3.59. The molecular formula is C14H18F2N2O3S. The largest absolute Gasteiger partial charge is 0.301 e. The molecule has 1 aliphatic rings. The molecule has 0 unspecified atom stereocenters. The number of benzene rings is 1. The second-order valence-corrected chi connectivity index (χ2v) is 7.82. The molecule has 22 heavy (non-hydrogen) atoms. The molecule has 122 valence electrons. The van der Waals surface area contributed by atoms with Crippen LogP contribution in [0.1, 0.15) is 38.7 Å². The van der Waals surface area contributed by atoms with Gasteiger partial charge in [-0.25, -0.2) is 13.5 Å². The summed E-state index contributed by atoms with van der Waals surface area (Å²) in [6.07, 6.45) is 0.217. The molecule has 0 saturated heterocycles. The monoisotopic (exact) mass is 332 g/mol. The van der Waals surface area contributed by atoms with Crippen molar-refractivity contribution in [2.45, 2.75) is 38.6 Å². The van der Waals surface area contributed by atoms with Gasteiger partial charge in [0.25, 0.3) is 0 Å². The van der Waals surface area contributed by atoms with Crippen molar-refractivity contribution in [1.29, 1.82) is 0 Å². The van der Waals surface area contributed by atoms with E-state index in [1.807, 2.05) is 4.72 Å².